The van der Waals surface area contributed by atoms with Crippen LogP contribution in [0.2, 0.25) is 0 Å². The maximum absolute atomic E-state index is 8.93. The fourth-order valence-electron chi connectivity index (χ4n) is 1.89. The number of nitrogens with two attached hydrogens (primary N) is 1. The van der Waals surface area contributed by atoms with Crippen LogP contribution in [0.15, 0.2) is 24.3 Å². The highest BCUT2D eigenvalue weighted by atomic mass is 16.5. The Balaban J connectivity index is 2.40. The van der Waals surface area contributed by atoms with Crippen LogP contribution in [-0.4, -0.2) is 12.6 Å². The van der Waals surface area contributed by atoms with Crippen LogP contribution in [0.3, 0.4) is 0 Å². The van der Waals surface area contributed by atoms with Gasteiger partial charge in [-0.15, -0.1) is 0 Å². The van der Waals surface area contributed by atoms with Gasteiger partial charge in [-0.3, -0.25) is 0 Å². The van der Waals surface area contributed by atoms with Gasteiger partial charge in [-0.05, 0) is 57.7 Å². The molecule has 0 saturated heterocycles. The first-order valence-electron chi connectivity index (χ1n) is 6.81. The van der Waals surface area contributed by atoms with E-state index in [2.05, 4.69) is 12.1 Å². The van der Waals surface area contributed by atoms with Crippen LogP contribution in [-0.2, 0) is 6.42 Å². The second kappa shape index (κ2) is 7.16. The molecule has 0 spiro atoms. The molecule has 0 amide bonds. The topological polar surface area (TPSA) is 59.0 Å². The van der Waals surface area contributed by atoms with E-state index in [1.54, 1.807) is 0 Å². The molecule has 0 aromatic heterocycles. The van der Waals surface area contributed by atoms with Crippen LogP contribution >= 0.6 is 0 Å². The molecule has 19 heavy (non-hydrogen) atoms. The molecule has 0 aliphatic heterocycles. The van der Waals surface area contributed by atoms with E-state index in [4.69, 9.17) is 15.7 Å². The zero-order valence-electron chi connectivity index (χ0n) is 12.1. The zero-order valence-corrected chi connectivity index (χ0v) is 12.1. The van der Waals surface area contributed by atoms with Gasteiger partial charge in [0.05, 0.1) is 18.1 Å². The van der Waals surface area contributed by atoms with Gasteiger partial charge >= 0.3 is 0 Å². The van der Waals surface area contributed by atoms with Crippen molar-refractivity contribution in [2.75, 3.05) is 6.61 Å². The lowest BCUT2D eigenvalue weighted by Gasteiger charge is -2.15. The fourth-order valence-corrected chi connectivity index (χ4v) is 1.89. The van der Waals surface area contributed by atoms with Gasteiger partial charge in [0.1, 0.15) is 5.75 Å². The number of nitriles is 1. The molecule has 0 radical (unpaired) electrons. The summed E-state index contributed by atoms with van der Waals surface area (Å²) in [7, 11) is 0. The van der Waals surface area contributed by atoms with Crippen LogP contribution < -0.4 is 10.5 Å². The molecular formula is C16H24N2O. The van der Waals surface area contributed by atoms with Crippen molar-refractivity contribution in [1.29, 1.82) is 5.26 Å². The first-order valence-corrected chi connectivity index (χ1v) is 6.81. The van der Waals surface area contributed by atoms with Crippen LogP contribution in [0, 0.1) is 16.7 Å². The first-order chi connectivity index (χ1) is 8.93. The monoisotopic (exact) mass is 260 g/mol. The SMILES string of the molecule is CC(N)Cc1cccc(OCCCC(C)(C)C#N)c1. The van der Waals surface area contributed by atoms with Gasteiger partial charge in [0.2, 0.25) is 0 Å². The first kappa shape index (κ1) is 15.5. The molecule has 0 bridgehead atoms. The largest absolute Gasteiger partial charge is 0.494 e. The van der Waals surface area contributed by atoms with Crippen LogP contribution in [0.4, 0.5) is 0 Å². The quantitative estimate of drug-likeness (QED) is 0.765. The van der Waals surface area contributed by atoms with E-state index in [1.807, 2.05) is 39.0 Å². The Kier molecular flexibility index (Phi) is 5.85. The molecule has 0 aliphatic carbocycles. The number of benzene rings is 1. The highest BCUT2D eigenvalue weighted by Gasteiger charge is 2.15. The molecule has 3 heteroatoms. The Hall–Kier alpha value is -1.53. The van der Waals surface area contributed by atoms with Crippen molar-refractivity contribution in [2.24, 2.45) is 11.1 Å². The van der Waals surface area contributed by atoms with Crippen LogP contribution in [0.25, 0.3) is 0 Å². The second-order valence-electron chi connectivity index (χ2n) is 5.78. The van der Waals surface area contributed by atoms with Crippen molar-refractivity contribution in [3.8, 4) is 11.8 Å². The van der Waals surface area contributed by atoms with Gasteiger partial charge in [-0.25, -0.2) is 0 Å². The van der Waals surface area contributed by atoms with Gasteiger partial charge in [0, 0.05) is 6.04 Å². The molecule has 0 aliphatic rings. The summed E-state index contributed by atoms with van der Waals surface area (Å²) in [5.41, 5.74) is 6.72. The lowest BCUT2D eigenvalue weighted by atomic mass is 9.90. The minimum absolute atomic E-state index is 0.159. The Morgan fingerprint density at radius 2 is 2.16 bits per heavy atom. The normalized spacial score (nSPS) is 12.8. The second-order valence-corrected chi connectivity index (χ2v) is 5.78. The van der Waals surface area contributed by atoms with E-state index in [9.17, 15) is 0 Å². The molecule has 1 aromatic carbocycles. The summed E-state index contributed by atoms with van der Waals surface area (Å²) < 4.78 is 5.72. The van der Waals surface area contributed by atoms with Crippen LogP contribution in [0.1, 0.15) is 39.2 Å². The number of hydrogen-bond donors (Lipinski definition) is 1. The van der Waals surface area contributed by atoms with E-state index in [0.29, 0.717) is 6.61 Å². The maximum atomic E-state index is 8.93. The summed E-state index contributed by atoms with van der Waals surface area (Å²) in [6.45, 7) is 6.55. The smallest absolute Gasteiger partial charge is 0.119 e. The third kappa shape index (κ3) is 6.26. The van der Waals surface area contributed by atoms with Gasteiger partial charge in [-0.2, -0.15) is 5.26 Å². The van der Waals surface area contributed by atoms with Gasteiger partial charge in [0.15, 0.2) is 0 Å². The molecule has 104 valence electrons. The Morgan fingerprint density at radius 3 is 2.79 bits per heavy atom. The highest BCUT2D eigenvalue weighted by Crippen LogP contribution is 2.21. The summed E-state index contributed by atoms with van der Waals surface area (Å²) in [5.74, 6) is 0.882. The molecule has 1 atom stereocenters. The molecule has 1 rings (SSSR count). The minimum atomic E-state index is -0.264. The summed E-state index contributed by atoms with van der Waals surface area (Å²) in [5, 5.41) is 8.93. The highest BCUT2D eigenvalue weighted by molar-refractivity contribution is 5.29. The van der Waals surface area contributed by atoms with E-state index in [-0.39, 0.29) is 11.5 Å². The van der Waals surface area contributed by atoms with Gasteiger partial charge in [-0.1, -0.05) is 12.1 Å². The maximum Gasteiger partial charge on any atom is 0.119 e. The number of rotatable bonds is 7. The molecule has 0 fully saturated rings. The third-order valence-corrected chi connectivity index (χ3v) is 2.97. The Morgan fingerprint density at radius 1 is 1.42 bits per heavy atom. The summed E-state index contributed by atoms with van der Waals surface area (Å²) in [6, 6.07) is 10.5. The number of ether oxygens (including phenoxy) is 1. The number of hydrogen-bond acceptors (Lipinski definition) is 3. The molecule has 3 nitrogen and oxygen atoms in total. The summed E-state index contributed by atoms with van der Waals surface area (Å²) in [6.07, 6.45) is 2.60. The van der Waals surface area contributed by atoms with Gasteiger partial charge < -0.3 is 10.5 Å². The number of nitrogens with zero attached hydrogens (tertiary/aromatic N) is 1. The summed E-state index contributed by atoms with van der Waals surface area (Å²) >= 11 is 0. The average Bonchev–Trinajstić information content (AvgIpc) is 2.34. The lowest BCUT2D eigenvalue weighted by molar-refractivity contribution is 0.284. The Labute approximate surface area is 116 Å². The molecule has 2 N–H and O–H groups in total. The van der Waals surface area contributed by atoms with Crippen molar-refractivity contribution in [1.82, 2.24) is 0 Å². The van der Waals surface area contributed by atoms with E-state index in [0.717, 1.165) is 25.0 Å². The molecule has 1 unspecified atom stereocenters. The predicted molar refractivity (Wildman–Crippen MR) is 77.9 cm³/mol. The van der Waals surface area contributed by atoms with E-state index >= 15 is 0 Å². The molecular weight excluding hydrogens is 236 g/mol. The molecule has 0 heterocycles. The standard InChI is InChI=1S/C16H24N2O/c1-13(18)10-14-6-4-7-15(11-14)19-9-5-8-16(2,3)12-17/h4,6-7,11,13H,5,8-10,18H2,1-3H3. The average molecular weight is 260 g/mol. The van der Waals surface area contributed by atoms with E-state index < -0.39 is 0 Å². The van der Waals surface area contributed by atoms with Crippen molar-refractivity contribution >= 4 is 0 Å². The van der Waals surface area contributed by atoms with E-state index in [1.165, 1.54) is 5.56 Å². The van der Waals surface area contributed by atoms with Crippen molar-refractivity contribution < 1.29 is 4.74 Å². The molecule has 0 saturated carbocycles. The summed E-state index contributed by atoms with van der Waals surface area (Å²) in [4.78, 5) is 0. The minimum Gasteiger partial charge on any atom is -0.494 e. The fraction of sp³-hybridized carbons (Fsp3) is 0.562. The van der Waals surface area contributed by atoms with Crippen molar-refractivity contribution in [3.63, 3.8) is 0 Å². The van der Waals surface area contributed by atoms with Crippen molar-refractivity contribution in [2.45, 2.75) is 46.1 Å². The predicted octanol–water partition coefficient (Wildman–Crippen LogP) is 3.29. The van der Waals surface area contributed by atoms with Gasteiger partial charge in [0.25, 0.3) is 0 Å². The third-order valence-electron chi connectivity index (χ3n) is 2.97. The van der Waals surface area contributed by atoms with Crippen molar-refractivity contribution in [3.05, 3.63) is 29.8 Å². The Bertz CT molecular complexity index is 433. The van der Waals surface area contributed by atoms with Crippen LogP contribution in [0.5, 0.6) is 5.75 Å². The lowest BCUT2D eigenvalue weighted by Crippen LogP contribution is -2.17. The zero-order chi connectivity index (χ0) is 14.3. The molecule has 1 aromatic rings.